The topological polar surface area (TPSA) is 126 Å². The molecule has 0 aliphatic carbocycles. The molecule has 0 bridgehead atoms. The fourth-order valence-electron chi connectivity index (χ4n) is 2.20. The fourth-order valence-corrected chi connectivity index (χ4v) is 2.20. The van der Waals surface area contributed by atoms with E-state index in [0.717, 1.165) is 5.56 Å². The molecule has 2 aromatic heterocycles. The molecule has 25 heavy (non-hydrogen) atoms. The minimum Gasteiger partial charge on any atom is -0.399 e. The predicted octanol–water partition coefficient (Wildman–Crippen LogP) is 2.65. The highest BCUT2D eigenvalue weighted by molar-refractivity contribution is 5.96. The molecule has 0 atom stereocenters. The first-order valence-corrected chi connectivity index (χ1v) is 7.23. The third kappa shape index (κ3) is 3.44. The number of amides is 1. The normalized spacial score (nSPS) is 10.9. The van der Waals surface area contributed by atoms with Crippen LogP contribution in [0, 0.1) is 17.0 Å². The Bertz CT molecular complexity index is 957. The van der Waals surface area contributed by atoms with Gasteiger partial charge in [0.2, 0.25) is 0 Å². The molecule has 1 aromatic carbocycles. The van der Waals surface area contributed by atoms with Crippen molar-refractivity contribution in [2.45, 2.75) is 6.92 Å². The van der Waals surface area contributed by atoms with Gasteiger partial charge in [0.05, 0.1) is 12.3 Å². The van der Waals surface area contributed by atoms with E-state index < -0.39 is 4.92 Å². The Morgan fingerprint density at radius 1 is 1.36 bits per heavy atom. The predicted molar refractivity (Wildman–Crippen MR) is 89.2 cm³/mol. The van der Waals surface area contributed by atoms with Gasteiger partial charge in [0.25, 0.3) is 5.91 Å². The number of nitrogens with zero attached hydrogens (tertiary/aromatic N) is 3. The monoisotopic (exact) mass is 339 g/mol. The summed E-state index contributed by atoms with van der Waals surface area (Å²) < 4.78 is 5.11. The highest BCUT2D eigenvalue weighted by atomic mass is 16.6. The first-order chi connectivity index (χ1) is 12.1. The molecule has 0 aliphatic heterocycles. The number of aromatic amines is 1. The lowest BCUT2D eigenvalue weighted by Crippen LogP contribution is -2.18. The van der Waals surface area contributed by atoms with Gasteiger partial charge in [-0.3, -0.25) is 20.0 Å². The van der Waals surface area contributed by atoms with Crippen molar-refractivity contribution < 1.29 is 14.1 Å². The lowest BCUT2D eigenvalue weighted by molar-refractivity contribution is -0.401. The van der Waals surface area contributed by atoms with Crippen LogP contribution in [0.2, 0.25) is 0 Å². The third-order valence-corrected chi connectivity index (χ3v) is 3.43. The standard InChI is InChI=1S/C16H13N5O4/c1-10-4-2-3-5-12(10)16(22)20-18-9-11-8-17-19-15(11)13-6-7-14(25-13)21(23)24/h2-9H,1H3,(H,17,19)(H,20,22). The first kappa shape index (κ1) is 16.1. The highest BCUT2D eigenvalue weighted by Gasteiger charge is 2.17. The molecule has 0 spiro atoms. The van der Waals surface area contributed by atoms with Crippen LogP contribution >= 0.6 is 0 Å². The molecule has 0 saturated carbocycles. The van der Waals surface area contributed by atoms with Crippen LogP contribution in [-0.4, -0.2) is 27.2 Å². The number of H-pyrrole nitrogens is 1. The largest absolute Gasteiger partial charge is 0.433 e. The average molecular weight is 339 g/mol. The van der Waals surface area contributed by atoms with Gasteiger partial charge in [0.15, 0.2) is 5.76 Å². The van der Waals surface area contributed by atoms with Crippen LogP contribution in [0.4, 0.5) is 5.88 Å². The van der Waals surface area contributed by atoms with Gasteiger partial charge in [-0.15, -0.1) is 0 Å². The lowest BCUT2D eigenvalue weighted by atomic mass is 10.1. The van der Waals surface area contributed by atoms with Gasteiger partial charge in [-0.05, 0) is 24.6 Å². The van der Waals surface area contributed by atoms with E-state index in [0.29, 0.717) is 16.8 Å². The molecule has 0 unspecified atom stereocenters. The summed E-state index contributed by atoms with van der Waals surface area (Å²) in [4.78, 5) is 22.1. The molecule has 2 N–H and O–H groups in total. The summed E-state index contributed by atoms with van der Waals surface area (Å²) in [6.07, 6.45) is 2.91. The number of aryl methyl sites for hydroxylation is 1. The van der Waals surface area contributed by atoms with Crippen LogP contribution in [0.1, 0.15) is 21.5 Å². The maximum atomic E-state index is 12.1. The van der Waals surface area contributed by atoms with Gasteiger partial charge in [-0.1, -0.05) is 18.2 Å². The SMILES string of the molecule is Cc1ccccc1C(=O)NN=Cc1c[nH]nc1-c1ccc([N+](=O)[O-])o1. The Morgan fingerprint density at radius 2 is 2.16 bits per heavy atom. The maximum absolute atomic E-state index is 12.1. The van der Waals surface area contributed by atoms with Gasteiger partial charge in [-0.2, -0.15) is 10.2 Å². The average Bonchev–Trinajstić information content (AvgIpc) is 3.24. The number of rotatable bonds is 5. The van der Waals surface area contributed by atoms with Crippen LogP contribution in [0.5, 0.6) is 0 Å². The Labute approximate surface area is 141 Å². The molecule has 0 radical (unpaired) electrons. The second-order valence-corrected chi connectivity index (χ2v) is 5.10. The van der Waals surface area contributed by atoms with Crippen molar-refractivity contribution in [2.75, 3.05) is 0 Å². The highest BCUT2D eigenvalue weighted by Crippen LogP contribution is 2.26. The number of nitro groups is 1. The van der Waals surface area contributed by atoms with E-state index in [4.69, 9.17) is 4.42 Å². The van der Waals surface area contributed by atoms with Crippen LogP contribution in [0.25, 0.3) is 11.5 Å². The van der Waals surface area contributed by atoms with E-state index in [1.807, 2.05) is 19.1 Å². The molecule has 0 fully saturated rings. The number of furan rings is 1. The summed E-state index contributed by atoms with van der Waals surface area (Å²) in [5.41, 5.74) is 4.65. The van der Waals surface area contributed by atoms with Crippen LogP contribution < -0.4 is 5.43 Å². The zero-order chi connectivity index (χ0) is 17.8. The minimum atomic E-state index is -0.633. The van der Waals surface area contributed by atoms with Gasteiger partial charge in [0.1, 0.15) is 10.6 Å². The van der Waals surface area contributed by atoms with Crippen molar-refractivity contribution in [1.29, 1.82) is 0 Å². The van der Waals surface area contributed by atoms with E-state index in [-0.39, 0.29) is 17.6 Å². The molecule has 1 amide bonds. The van der Waals surface area contributed by atoms with E-state index >= 15 is 0 Å². The maximum Gasteiger partial charge on any atom is 0.433 e. The van der Waals surface area contributed by atoms with Crippen molar-refractivity contribution in [1.82, 2.24) is 15.6 Å². The number of aromatic nitrogens is 2. The Hall–Kier alpha value is -3.75. The van der Waals surface area contributed by atoms with Crippen LogP contribution in [0.3, 0.4) is 0 Å². The molecule has 3 rings (SSSR count). The van der Waals surface area contributed by atoms with Gasteiger partial charge in [0, 0.05) is 17.3 Å². The zero-order valence-corrected chi connectivity index (χ0v) is 13.1. The number of hydrazone groups is 1. The molecule has 126 valence electrons. The summed E-state index contributed by atoms with van der Waals surface area (Å²) in [6.45, 7) is 1.83. The number of carbonyl (C=O) groups excluding carboxylic acids is 1. The van der Waals surface area contributed by atoms with Crippen molar-refractivity contribution in [3.63, 3.8) is 0 Å². The molecule has 3 aromatic rings. The minimum absolute atomic E-state index is 0.222. The van der Waals surface area contributed by atoms with Crippen molar-refractivity contribution in [3.05, 3.63) is 69.4 Å². The molecule has 9 heteroatoms. The summed E-state index contributed by atoms with van der Waals surface area (Å²) in [5, 5.41) is 21.2. The second kappa shape index (κ2) is 6.79. The van der Waals surface area contributed by atoms with E-state index in [2.05, 4.69) is 20.7 Å². The van der Waals surface area contributed by atoms with Gasteiger partial charge in [-0.25, -0.2) is 5.43 Å². The number of benzene rings is 1. The van der Waals surface area contributed by atoms with E-state index in [1.54, 1.807) is 12.1 Å². The fraction of sp³-hybridized carbons (Fsp3) is 0.0625. The summed E-state index contributed by atoms with van der Waals surface area (Å²) >= 11 is 0. The molecule has 9 nitrogen and oxygen atoms in total. The van der Waals surface area contributed by atoms with E-state index in [9.17, 15) is 14.9 Å². The smallest absolute Gasteiger partial charge is 0.399 e. The summed E-state index contributed by atoms with van der Waals surface area (Å²) in [6, 6.07) is 9.82. The molecule has 0 saturated heterocycles. The van der Waals surface area contributed by atoms with Crippen molar-refractivity contribution in [3.8, 4) is 11.5 Å². The van der Waals surface area contributed by atoms with Gasteiger partial charge >= 0.3 is 5.88 Å². The second-order valence-electron chi connectivity index (χ2n) is 5.10. The zero-order valence-electron chi connectivity index (χ0n) is 13.1. The molecule has 0 aliphatic rings. The molecule has 2 heterocycles. The van der Waals surface area contributed by atoms with Gasteiger partial charge < -0.3 is 4.42 Å². The Balaban J connectivity index is 1.75. The number of carbonyl (C=O) groups is 1. The first-order valence-electron chi connectivity index (χ1n) is 7.23. The molecular formula is C16H13N5O4. The lowest BCUT2D eigenvalue weighted by Gasteiger charge is -2.02. The van der Waals surface area contributed by atoms with E-state index in [1.165, 1.54) is 24.5 Å². The number of nitrogens with one attached hydrogen (secondary N) is 2. The quantitative estimate of drug-likeness (QED) is 0.420. The Morgan fingerprint density at radius 3 is 2.88 bits per heavy atom. The molecular weight excluding hydrogens is 326 g/mol. The Kier molecular flexibility index (Phi) is 4.38. The van der Waals surface area contributed by atoms with Crippen molar-refractivity contribution >= 4 is 18.0 Å². The van der Waals surface area contributed by atoms with Crippen LogP contribution in [0.15, 0.2) is 52.1 Å². The summed E-state index contributed by atoms with van der Waals surface area (Å²) in [7, 11) is 0. The number of hydrogen-bond acceptors (Lipinski definition) is 6. The third-order valence-electron chi connectivity index (χ3n) is 3.43. The van der Waals surface area contributed by atoms with Crippen molar-refractivity contribution in [2.24, 2.45) is 5.10 Å². The van der Waals surface area contributed by atoms with Crippen LogP contribution in [-0.2, 0) is 0 Å². The summed E-state index contributed by atoms with van der Waals surface area (Å²) in [5.74, 6) is -0.499. The number of hydrogen-bond donors (Lipinski definition) is 2.